The van der Waals surface area contributed by atoms with Gasteiger partial charge in [-0.3, -0.25) is 0 Å². The number of carbonyl (C=O) groups is 1. The predicted molar refractivity (Wildman–Crippen MR) is 72.6 cm³/mol. The maximum atomic E-state index is 11.5. The summed E-state index contributed by atoms with van der Waals surface area (Å²) in [6, 6.07) is 3.68. The topological polar surface area (TPSA) is 103 Å². The van der Waals surface area contributed by atoms with Gasteiger partial charge in [-0.15, -0.1) is 0 Å². The Balaban J connectivity index is 3.01. The highest BCUT2D eigenvalue weighted by atomic mass is 16.5. The average Bonchev–Trinajstić information content (AvgIpc) is 2.49. The Morgan fingerprint density at radius 3 is 2.45 bits per heavy atom. The maximum absolute atomic E-state index is 11.5. The number of hydrogen-bond donors (Lipinski definition) is 1. The van der Waals surface area contributed by atoms with Crippen LogP contribution in [0.2, 0.25) is 0 Å². The number of hydrogen-bond acceptors (Lipinski definition) is 6. The molecule has 20 heavy (non-hydrogen) atoms. The fourth-order valence-corrected chi connectivity index (χ4v) is 1.96. The SMILES string of the molecule is CCOC(=O)/C(C#N)=C/C(C#N)=C(/N)N1CCCCC1. The number of piperidine rings is 1. The lowest BCUT2D eigenvalue weighted by molar-refractivity contribution is -0.138. The molecule has 1 rings (SSSR count). The van der Waals surface area contributed by atoms with E-state index in [0.717, 1.165) is 32.4 Å². The van der Waals surface area contributed by atoms with Crippen molar-refractivity contribution in [2.24, 2.45) is 5.73 Å². The first-order chi connectivity index (χ1) is 9.63. The molecular weight excluding hydrogens is 256 g/mol. The normalized spacial score (nSPS) is 16.8. The van der Waals surface area contributed by atoms with Crippen LogP contribution in [0.3, 0.4) is 0 Å². The van der Waals surface area contributed by atoms with Gasteiger partial charge in [0.2, 0.25) is 0 Å². The summed E-state index contributed by atoms with van der Waals surface area (Å²) in [5.41, 5.74) is 5.86. The average molecular weight is 274 g/mol. The number of nitrogens with zero attached hydrogens (tertiary/aromatic N) is 3. The van der Waals surface area contributed by atoms with Crippen LogP contribution in [0, 0.1) is 22.7 Å². The molecule has 6 nitrogen and oxygen atoms in total. The number of ether oxygens (including phenoxy) is 1. The van der Waals surface area contributed by atoms with Gasteiger partial charge in [0.15, 0.2) is 0 Å². The molecule has 0 unspecified atom stereocenters. The summed E-state index contributed by atoms with van der Waals surface area (Å²) in [6.07, 6.45) is 4.38. The van der Waals surface area contributed by atoms with Gasteiger partial charge in [0.1, 0.15) is 23.5 Å². The second kappa shape index (κ2) is 7.85. The van der Waals surface area contributed by atoms with Crippen molar-refractivity contribution in [1.82, 2.24) is 4.90 Å². The van der Waals surface area contributed by atoms with E-state index in [9.17, 15) is 4.79 Å². The zero-order chi connectivity index (χ0) is 15.0. The summed E-state index contributed by atoms with van der Waals surface area (Å²) in [5, 5.41) is 18.1. The molecule has 0 amide bonds. The fourth-order valence-electron chi connectivity index (χ4n) is 1.96. The molecule has 0 spiro atoms. The van der Waals surface area contributed by atoms with Gasteiger partial charge < -0.3 is 15.4 Å². The van der Waals surface area contributed by atoms with Crippen LogP contribution >= 0.6 is 0 Å². The molecule has 1 heterocycles. The van der Waals surface area contributed by atoms with E-state index in [0.29, 0.717) is 5.82 Å². The molecule has 0 aliphatic carbocycles. The van der Waals surface area contributed by atoms with Crippen LogP contribution in [0.5, 0.6) is 0 Å². The fraction of sp³-hybridized carbons (Fsp3) is 0.500. The molecule has 0 saturated carbocycles. The van der Waals surface area contributed by atoms with Crippen LogP contribution in [0.4, 0.5) is 0 Å². The Morgan fingerprint density at radius 1 is 1.30 bits per heavy atom. The van der Waals surface area contributed by atoms with E-state index in [1.807, 2.05) is 11.0 Å². The van der Waals surface area contributed by atoms with Crippen molar-refractivity contribution in [3.63, 3.8) is 0 Å². The standard InChI is InChI=1S/C14H18N4O2/c1-2-20-14(19)12(10-16)8-11(9-15)13(17)18-6-4-3-5-7-18/h8H,2-7,17H2,1H3/b12-8+,13-11+. The Kier molecular flexibility index (Phi) is 6.12. The van der Waals surface area contributed by atoms with Crippen LogP contribution in [0.1, 0.15) is 26.2 Å². The third kappa shape index (κ3) is 4.03. The van der Waals surface area contributed by atoms with E-state index in [-0.39, 0.29) is 17.8 Å². The molecule has 0 atom stereocenters. The summed E-state index contributed by atoms with van der Waals surface area (Å²) in [5.74, 6) is -0.432. The van der Waals surface area contributed by atoms with Crippen LogP contribution < -0.4 is 5.73 Å². The minimum Gasteiger partial charge on any atom is -0.462 e. The number of carbonyl (C=O) groups excluding carboxylic acids is 1. The minimum atomic E-state index is -0.741. The van der Waals surface area contributed by atoms with Gasteiger partial charge >= 0.3 is 5.97 Å². The lowest BCUT2D eigenvalue weighted by Crippen LogP contribution is -2.33. The lowest BCUT2D eigenvalue weighted by atomic mass is 10.1. The van der Waals surface area contributed by atoms with Crippen LogP contribution in [-0.2, 0) is 9.53 Å². The summed E-state index contributed by atoms with van der Waals surface area (Å²) in [4.78, 5) is 13.4. The van der Waals surface area contributed by atoms with Gasteiger partial charge in [-0.25, -0.2) is 4.79 Å². The molecule has 106 valence electrons. The minimum absolute atomic E-state index is 0.122. The van der Waals surface area contributed by atoms with E-state index in [2.05, 4.69) is 0 Å². The highest BCUT2D eigenvalue weighted by molar-refractivity contribution is 5.93. The van der Waals surface area contributed by atoms with Gasteiger partial charge in [-0.05, 0) is 32.3 Å². The van der Waals surface area contributed by atoms with Crippen molar-refractivity contribution in [1.29, 1.82) is 10.5 Å². The van der Waals surface area contributed by atoms with Gasteiger partial charge in [0, 0.05) is 13.1 Å². The monoisotopic (exact) mass is 274 g/mol. The third-order valence-electron chi connectivity index (χ3n) is 3.00. The second-order valence-corrected chi connectivity index (χ2v) is 4.35. The number of nitriles is 2. The van der Waals surface area contributed by atoms with Crippen molar-refractivity contribution >= 4 is 5.97 Å². The first-order valence-corrected chi connectivity index (χ1v) is 6.57. The van der Waals surface area contributed by atoms with Crippen LogP contribution in [-0.4, -0.2) is 30.6 Å². The van der Waals surface area contributed by atoms with Crippen LogP contribution in [0.25, 0.3) is 0 Å². The number of likely N-dealkylation sites (tertiary alicyclic amines) is 1. The Hall–Kier alpha value is -2.47. The Morgan fingerprint density at radius 2 is 1.95 bits per heavy atom. The summed E-state index contributed by atoms with van der Waals surface area (Å²) in [6.45, 7) is 3.39. The molecule has 0 bridgehead atoms. The van der Waals surface area contributed by atoms with E-state index in [4.69, 9.17) is 21.0 Å². The van der Waals surface area contributed by atoms with Gasteiger partial charge in [-0.1, -0.05) is 0 Å². The highest BCUT2D eigenvalue weighted by Gasteiger charge is 2.16. The summed E-state index contributed by atoms with van der Waals surface area (Å²) < 4.78 is 4.75. The van der Waals surface area contributed by atoms with Gasteiger partial charge in [-0.2, -0.15) is 10.5 Å². The number of nitrogens with two attached hydrogens (primary N) is 1. The first kappa shape index (κ1) is 15.6. The molecule has 0 aromatic heterocycles. The smallest absolute Gasteiger partial charge is 0.348 e. The summed E-state index contributed by atoms with van der Waals surface area (Å²) >= 11 is 0. The van der Waals surface area contributed by atoms with E-state index < -0.39 is 5.97 Å². The number of rotatable bonds is 4. The molecule has 2 N–H and O–H groups in total. The van der Waals surface area contributed by atoms with Crippen molar-refractivity contribution < 1.29 is 9.53 Å². The largest absolute Gasteiger partial charge is 0.462 e. The van der Waals surface area contributed by atoms with E-state index in [1.165, 1.54) is 6.08 Å². The molecule has 1 aliphatic heterocycles. The van der Waals surface area contributed by atoms with Crippen LogP contribution in [0.15, 0.2) is 23.0 Å². The number of esters is 1. The first-order valence-electron chi connectivity index (χ1n) is 6.57. The molecule has 6 heteroatoms. The van der Waals surface area contributed by atoms with Crippen molar-refractivity contribution in [2.45, 2.75) is 26.2 Å². The molecule has 0 aromatic rings. The predicted octanol–water partition coefficient (Wildman–Crippen LogP) is 1.18. The zero-order valence-electron chi connectivity index (χ0n) is 11.6. The van der Waals surface area contributed by atoms with Gasteiger partial charge in [0.05, 0.1) is 12.2 Å². The van der Waals surface area contributed by atoms with Crippen molar-refractivity contribution in [3.05, 3.63) is 23.0 Å². The quantitative estimate of drug-likeness (QED) is 0.357. The Labute approximate surface area is 118 Å². The molecule has 1 aliphatic rings. The highest BCUT2D eigenvalue weighted by Crippen LogP contribution is 2.15. The molecular formula is C14H18N4O2. The van der Waals surface area contributed by atoms with Gasteiger partial charge in [0.25, 0.3) is 0 Å². The number of allylic oxidation sites excluding steroid dienone is 2. The molecule has 1 saturated heterocycles. The van der Waals surface area contributed by atoms with Crippen molar-refractivity contribution in [3.8, 4) is 12.1 Å². The second-order valence-electron chi connectivity index (χ2n) is 4.35. The van der Waals surface area contributed by atoms with Crippen molar-refractivity contribution in [2.75, 3.05) is 19.7 Å². The zero-order valence-corrected chi connectivity index (χ0v) is 11.6. The molecule has 0 radical (unpaired) electrons. The molecule has 0 aromatic carbocycles. The summed E-state index contributed by atoms with van der Waals surface area (Å²) in [7, 11) is 0. The van der Waals surface area contributed by atoms with E-state index in [1.54, 1.807) is 13.0 Å². The maximum Gasteiger partial charge on any atom is 0.348 e. The third-order valence-corrected chi connectivity index (χ3v) is 3.00. The lowest BCUT2D eigenvalue weighted by Gasteiger charge is -2.29. The van der Waals surface area contributed by atoms with E-state index >= 15 is 0 Å². The Bertz CT molecular complexity index is 502. The molecule has 1 fully saturated rings.